The van der Waals surface area contributed by atoms with Crippen molar-refractivity contribution in [2.45, 2.75) is 76.0 Å². The average Bonchev–Trinajstić information content (AvgIpc) is 3.98. The van der Waals surface area contributed by atoms with Crippen LogP contribution >= 0.6 is 0 Å². The van der Waals surface area contributed by atoms with Gasteiger partial charge < -0.3 is 30.7 Å². The van der Waals surface area contributed by atoms with E-state index in [2.05, 4.69) is 138 Å². The zero-order valence-electron chi connectivity index (χ0n) is 35.9. The van der Waals surface area contributed by atoms with Crippen LogP contribution in [0.5, 0.6) is 0 Å². The van der Waals surface area contributed by atoms with Gasteiger partial charge in [0.25, 0.3) is 0 Å². The Morgan fingerprint density at radius 3 is 1.92 bits per heavy atom. The van der Waals surface area contributed by atoms with Crippen molar-refractivity contribution in [1.82, 2.24) is 49.7 Å². The molecule has 0 amide bonds. The van der Waals surface area contributed by atoms with Crippen molar-refractivity contribution >= 4 is 28.7 Å². The molecular weight excluding hydrogens is 771 g/mol. The fraction of sp³-hybridized carbons (Fsp3) is 0.408. The lowest BCUT2D eigenvalue weighted by Crippen LogP contribution is -2.47. The van der Waals surface area contributed by atoms with E-state index < -0.39 is 0 Å². The first-order valence-electron chi connectivity index (χ1n) is 22.7. The molecule has 0 aliphatic carbocycles. The van der Waals surface area contributed by atoms with Crippen molar-refractivity contribution < 1.29 is 0 Å². The number of piperidine rings is 2. The summed E-state index contributed by atoms with van der Waals surface area (Å²) in [6, 6.07) is 26.3. The summed E-state index contributed by atoms with van der Waals surface area (Å²) in [6.45, 7) is 12.2. The molecule has 11 heterocycles. The molecule has 4 aliphatic rings. The Hall–Kier alpha value is -5.89. The van der Waals surface area contributed by atoms with Gasteiger partial charge in [-0.15, -0.1) is 0 Å². The molecule has 13 heteroatoms. The summed E-state index contributed by atoms with van der Waals surface area (Å²) in [4.78, 5) is 32.6. The average molecular weight is 828 g/mol. The van der Waals surface area contributed by atoms with Crippen molar-refractivity contribution in [3.63, 3.8) is 0 Å². The maximum absolute atomic E-state index is 5.29. The number of pyridine rings is 5. The number of rotatable bonds is 8. The third kappa shape index (κ3) is 7.56. The molecule has 0 radical (unpaired) electrons. The summed E-state index contributed by atoms with van der Waals surface area (Å²) < 4.78 is 4.58. The van der Waals surface area contributed by atoms with Crippen LogP contribution in [-0.2, 0) is 0 Å². The van der Waals surface area contributed by atoms with E-state index in [4.69, 9.17) is 19.9 Å². The predicted octanol–water partition coefficient (Wildman–Crippen LogP) is 7.03. The van der Waals surface area contributed by atoms with Crippen LogP contribution in [0.2, 0.25) is 0 Å². The molecular formula is C49H57N13. The van der Waals surface area contributed by atoms with E-state index in [1.165, 1.54) is 28.3 Å². The van der Waals surface area contributed by atoms with Crippen LogP contribution in [0.25, 0.3) is 11.3 Å². The molecule has 62 heavy (non-hydrogen) atoms. The molecule has 4 saturated heterocycles. The zero-order chi connectivity index (χ0) is 41.6. The summed E-state index contributed by atoms with van der Waals surface area (Å²) in [5.74, 6) is 3.75. The Kier molecular flexibility index (Phi) is 10.5. The Labute approximate surface area is 363 Å². The number of imidazole rings is 2. The third-order valence-electron chi connectivity index (χ3n) is 13.9. The summed E-state index contributed by atoms with van der Waals surface area (Å²) >= 11 is 0. The summed E-state index contributed by atoms with van der Waals surface area (Å²) in [7, 11) is 0. The van der Waals surface area contributed by atoms with E-state index in [0.717, 1.165) is 124 Å². The molecule has 13 nitrogen and oxygen atoms in total. The van der Waals surface area contributed by atoms with Gasteiger partial charge in [-0.05, 0) is 111 Å². The molecule has 0 aromatic carbocycles. The first kappa shape index (κ1) is 39.0. The highest BCUT2D eigenvalue weighted by Crippen LogP contribution is 2.43. The van der Waals surface area contributed by atoms with Crippen molar-refractivity contribution in [3.05, 3.63) is 143 Å². The standard InChI is InChI=1S/C49H57N13/c1-33-9-8-18-52-48(33)40-29-35(28-39(55-40)42-32-62-45(57-42)14-6-15-46(62)59-21-19-50-20-22-59)36-27-34(2)49(53-30-36)38-11-5-10-37(54-38)41-31-61-44(56-41)13-7-16-47(61)60-25-23-58(24-26-60)43-12-3-4-17-51-43/h3-4,6-9,12-18,27,30-32,35,37-40,50,54-55H,5,10-11,19-26,28-29H2,1-2H3/t35?,37-,38+,39-,40+/m1/s1. The van der Waals surface area contributed by atoms with Gasteiger partial charge in [0.1, 0.15) is 28.7 Å². The van der Waals surface area contributed by atoms with Crippen LogP contribution in [0.4, 0.5) is 17.5 Å². The molecule has 11 rings (SSSR count). The predicted molar refractivity (Wildman–Crippen MR) is 245 cm³/mol. The number of aromatic nitrogens is 7. The van der Waals surface area contributed by atoms with Gasteiger partial charge in [-0.3, -0.25) is 18.8 Å². The SMILES string of the molecule is Cc1cc(C2C[C@@H](c3ncccc3C)N[C@@H](c3cn4c(N5CCNCC5)cccc4n3)C2)cnc1[C@@H]1CCC[C@H](c2cn3c(N4CCN(c5ccccn5)CC4)cccc3n2)N1. The van der Waals surface area contributed by atoms with E-state index in [-0.39, 0.29) is 24.2 Å². The van der Waals surface area contributed by atoms with E-state index in [1.54, 1.807) is 0 Å². The van der Waals surface area contributed by atoms with E-state index in [9.17, 15) is 0 Å². The molecule has 0 bridgehead atoms. The van der Waals surface area contributed by atoms with Crippen LogP contribution in [0.15, 0.2) is 104 Å². The second kappa shape index (κ2) is 16.8. The van der Waals surface area contributed by atoms with Gasteiger partial charge in [0.05, 0.1) is 46.9 Å². The number of aryl methyl sites for hydroxylation is 2. The Morgan fingerprint density at radius 2 is 1.21 bits per heavy atom. The first-order chi connectivity index (χ1) is 30.5. The molecule has 7 aromatic rings. The number of nitrogens with zero attached hydrogens (tertiary/aromatic N) is 10. The molecule has 3 N–H and O–H groups in total. The summed E-state index contributed by atoms with van der Waals surface area (Å²) in [6.07, 6.45) is 15.6. The van der Waals surface area contributed by atoms with E-state index in [0.29, 0.717) is 5.92 Å². The number of anilines is 3. The smallest absolute Gasteiger partial charge is 0.138 e. The normalized spacial score (nSPS) is 23.6. The van der Waals surface area contributed by atoms with E-state index >= 15 is 0 Å². The molecule has 318 valence electrons. The molecule has 0 spiro atoms. The molecule has 4 fully saturated rings. The first-order valence-corrected chi connectivity index (χ1v) is 22.7. The van der Waals surface area contributed by atoms with Gasteiger partial charge >= 0.3 is 0 Å². The van der Waals surface area contributed by atoms with Gasteiger partial charge in [-0.2, -0.15) is 0 Å². The molecule has 4 aliphatic heterocycles. The minimum atomic E-state index is 0.0684. The number of nitrogens with one attached hydrogen (secondary N) is 3. The van der Waals surface area contributed by atoms with Crippen LogP contribution in [0.1, 0.15) is 102 Å². The Morgan fingerprint density at radius 1 is 0.565 bits per heavy atom. The fourth-order valence-corrected chi connectivity index (χ4v) is 10.6. The molecule has 0 saturated carbocycles. The number of hydrogen-bond acceptors (Lipinski definition) is 11. The maximum atomic E-state index is 5.29. The van der Waals surface area contributed by atoms with Gasteiger partial charge in [0.15, 0.2) is 0 Å². The minimum absolute atomic E-state index is 0.0684. The van der Waals surface area contributed by atoms with Crippen LogP contribution in [0, 0.1) is 13.8 Å². The quantitative estimate of drug-likeness (QED) is 0.147. The fourth-order valence-electron chi connectivity index (χ4n) is 10.6. The van der Waals surface area contributed by atoms with Crippen LogP contribution in [-0.4, -0.2) is 86.1 Å². The monoisotopic (exact) mass is 827 g/mol. The largest absolute Gasteiger partial charge is 0.355 e. The highest BCUT2D eigenvalue weighted by Gasteiger charge is 2.35. The highest BCUT2D eigenvalue weighted by atomic mass is 15.3. The van der Waals surface area contributed by atoms with Crippen molar-refractivity contribution in [1.29, 1.82) is 0 Å². The second-order valence-corrected chi connectivity index (χ2v) is 17.8. The van der Waals surface area contributed by atoms with Crippen LogP contribution in [0.3, 0.4) is 0 Å². The highest BCUT2D eigenvalue weighted by molar-refractivity contribution is 5.55. The molecule has 5 atom stereocenters. The van der Waals surface area contributed by atoms with E-state index in [1.807, 2.05) is 24.5 Å². The lowest BCUT2D eigenvalue weighted by molar-refractivity contribution is 0.287. The number of hydrogen-bond donors (Lipinski definition) is 3. The van der Waals surface area contributed by atoms with Gasteiger partial charge in [-0.25, -0.2) is 15.0 Å². The Bertz CT molecular complexity index is 2660. The Balaban J connectivity index is 0.825. The summed E-state index contributed by atoms with van der Waals surface area (Å²) in [5.41, 5.74) is 10.2. The molecule has 1 unspecified atom stereocenters. The number of piperazine rings is 2. The van der Waals surface area contributed by atoms with Crippen LogP contribution < -0.4 is 30.7 Å². The lowest BCUT2D eigenvalue weighted by Gasteiger charge is -2.36. The van der Waals surface area contributed by atoms with Crippen molar-refractivity contribution in [2.75, 3.05) is 67.1 Å². The minimum Gasteiger partial charge on any atom is -0.355 e. The van der Waals surface area contributed by atoms with Crippen molar-refractivity contribution in [3.8, 4) is 0 Å². The zero-order valence-corrected chi connectivity index (χ0v) is 35.9. The number of fused-ring (bicyclic) bond motifs is 2. The van der Waals surface area contributed by atoms with Gasteiger partial charge in [0, 0.05) is 83.3 Å². The maximum Gasteiger partial charge on any atom is 0.138 e. The van der Waals surface area contributed by atoms with Crippen molar-refractivity contribution in [2.24, 2.45) is 0 Å². The topological polar surface area (TPSA) is 119 Å². The van der Waals surface area contributed by atoms with Gasteiger partial charge in [0.2, 0.25) is 0 Å². The third-order valence-corrected chi connectivity index (χ3v) is 13.9. The summed E-state index contributed by atoms with van der Waals surface area (Å²) in [5, 5.41) is 11.5. The van der Waals surface area contributed by atoms with Gasteiger partial charge in [-0.1, -0.05) is 30.3 Å². The second-order valence-electron chi connectivity index (χ2n) is 17.8. The molecule has 7 aromatic heterocycles. The lowest BCUT2D eigenvalue weighted by atomic mass is 9.80.